The summed E-state index contributed by atoms with van der Waals surface area (Å²) in [6.07, 6.45) is 2.40. The molecule has 2 atom stereocenters. The van der Waals surface area contributed by atoms with E-state index in [0.717, 1.165) is 17.7 Å². The van der Waals surface area contributed by atoms with E-state index in [1.807, 2.05) is 17.5 Å². The van der Waals surface area contributed by atoms with E-state index in [9.17, 15) is 14.7 Å². The largest absolute Gasteiger partial charge is 0.480 e. The Balaban J connectivity index is 1.94. The van der Waals surface area contributed by atoms with E-state index < -0.39 is 12.0 Å². The Bertz CT molecular complexity index is 461. The maximum absolute atomic E-state index is 12.2. The van der Waals surface area contributed by atoms with E-state index in [2.05, 4.69) is 12.2 Å². The molecular formula is C14H20N2O3S. The first kappa shape index (κ1) is 14.8. The van der Waals surface area contributed by atoms with Gasteiger partial charge >= 0.3 is 12.0 Å². The van der Waals surface area contributed by atoms with Crippen molar-refractivity contribution in [3.8, 4) is 0 Å². The third kappa shape index (κ3) is 3.50. The lowest BCUT2D eigenvalue weighted by Gasteiger charge is -2.36. The highest BCUT2D eigenvalue weighted by Gasteiger charge is 2.35. The third-order valence-electron chi connectivity index (χ3n) is 3.83. The summed E-state index contributed by atoms with van der Waals surface area (Å²) in [6.45, 7) is 3.04. The SMILES string of the molecule is CCC1CCN(C(=O)NCc2cccs2)C(C(=O)O)C1. The lowest BCUT2D eigenvalue weighted by molar-refractivity contribution is -0.144. The number of rotatable bonds is 4. The van der Waals surface area contributed by atoms with Gasteiger partial charge < -0.3 is 15.3 Å². The number of hydrogen-bond donors (Lipinski definition) is 2. The molecule has 1 saturated heterocycles. The average Bonchev–Trinajstić information content (AvgIpc) is 2.97. The Labute approximate surface area is 122 Å². The maximum Gasteiger partial charge on any atom is 0.326 e. The van der Waals surface area contributed by atoms with Gasteiger partial charge in [0.1, 0.15) is 6.04 Å². The predicted octanol–water partition coefficient (Wildman–Crippen LogP) is 2.53. The molecule has 1 fully saturated rings. The van der Waals surface area contributed by atoms with Gasteiger partial charge in [-0.15, -0.1) is 11.3 Å². The first-order valence-electron chi connectivity index (χ1n) is 6.91. The number of hydrogen-bond acceptors (Lipinski definition) is 3. The fourth-order valence-electron chi connectivity index (χ4n) is 2.56. The van der Waals surface area contributed by atoms with Gasteiger partial charge in [0.15, 0.2) is 0 Å². The molecule has 0 bridgehead atoms. The van der Waals surface area contributed by atoms with E-state index in [0.29, 0.717) is 25.4 Å². The van der Waals surface area contributed by atoms with E-state index in [-0.39, 0.29) is 6.03 Å². The highest BCUT2D eigenvalue weighted by atomic mass is 32.1. The lowest BCUT2D eigenvalue weighted by atomic mass is 9.89. The number of aliphatic carboxylic acids is 1. The van der Waals surface area contributed by atoms with Crippen LogP contribution in [-0.2, 0) is 11.3 Å². The second kappa shape index (κ2) is 6.74. The minimum atomic E-state index is -0.908. The van der Waals surface area contributed by atoms with Crippen molar-refractivity contribution in [3.05, 3.63) is 22.4 Å². The Morgan fingerprint density at radius 2 is 2.35 bits per heavy atom. The molecule has 20 heavy (non-hydrogen) atoms. The summed E-state index contributed by atoms with van der Waals surface area (Å²) < 4.78 is 0. The van der Waals surface area contributed by atoms with Gasteiger partial charge in [-0.2, -0.15) is 0 Å². The Kier molecular flexibility index (Phi) is 5.00. The lowest BCUT2D eigenvalue weighted by Crippen LogP contribution is -2.53. The van der Waals surface area contributed by atoms with Crippen molar-refractivity contribution >= 4 is 23.3 Å². The fraction of sp³-hybridized carbons (Fsp3) is 0.571. The number of carbonyl (C=O) groups is 2. The molecule has 110 valence electrons. The zero-order chi connectivity index (χ0) is 14.5. The number of likely N-dealkylation sites (tertiary alicyclic amines) is 1. The van der Waals surface area contributed by atoms with Crippen LogP contribution in [0.5, 0.6) is 0 Å². The van der Waals surface area contributed by atoms with Crippen molar-refractivity contribution in [1.29, 1.82) is 0 Å². The van der Waals surface area contributed by atoms with Crippen LogP contribution in [0.15, 0.2) is 17.5 Å². The molecule has 5 nitrogen and oxygen atoms in total. The van der Waals surface area contributed by atoms with Gasteiger partial charge in [0.25, 0.3) is 0 Å². The molecule has 0 aliphatic carbocycles. The Morgan fingerprint density at radius 3 is 2.95 bits per heavy atom. The number of carboxylic acid groups (broad SMARTS) is 1. The number of nitrogens with zero attached hydrogens (tertiary/aromatic N) is 1. The topological polar surface area (TPSA) is 69.6 Å². The van der Waals surface area contributed by atoms with Crippen molar-refractivity contribution in [1.82, 2.24) is 10.2 Å². The van der Waals surface area contributed by atoms with Gasteiger partial charge in [-0.25, -0.2) is 9.59 Å². The van der Waals surface area contributed by atoms with Gasteiger partial charge in [0.2, 0.25) is 0 Å². The zero-order valence-corrected chi connectivity index (χ0v) is 12.4. The van der Waals surface area contributed by atoms with Gasteiger partial charge in [0, 0.05) is 11.4 Å². The number of piperidine rings is 1. The van der Waals surface area contributed by atoms with E-state index in [4.69, 9.17) is 0 Å². The summed E-state index contributed by atoms with van der Waals surface area (Å²) in [4.78, 5) is 26.0. The van der Waals surface area contributed by atoms with Crippen LogP contribution in [0.3, 0.4) is 0 Å². The van der Waals surface area contributed by atoms with Crippen LogP contribution >= 0.6 is 11.3 Å². The molecule has 1 aromatic heterocycles. The van der Waals surface area contributed by atoms with E-state index in [1.165, 1.54) is 4.90 Å². The predicted molar refractivity (Wildman–Crippen MR) is 77.7 cm³/mol. The molecule has 0 aromatic carbocycles. The molecule has 1 aromatic rings. The molecule has 2 N–H and O–H groups in total. The summed E-state index contributed by atoms with van der Waals surface area (Å²) in [6, 6.07) is 2.90. The quantitative estimate of drug-likeness (QED) is 0.897. The van der Waals surface area contributed by atoms with E-state index in [1.54, 1.807) is 11.3 Å². The van der Waals surface area contributed by atoms with Crippen LogP contribution in [-0.4, -0.2) is 34.6 Å². The summed E-state index contributed by atoms with van der Waals surface area (Å²) in [7, 11) is 0. The monoisotopic (exact) mass is 296 g/mol. The van der Waals surface area contributed by atoms with Gasteiger partial charge in [-0.05, 0) is 30.2 Å². The first-order valence-corrected chi connectivity index (χ1v) is 7.79. The molecule has 0 spiro atoms. The molecule has 1 aliphatic heterocycles. The minimum absolute atomic E-state index is 0.277. The van der Waals surface area contributed by atoms with Crippen molar-refractivity contribution in [2.75, 3.05) is 6.54 Å². The molecule has 2 unspecified atom stereocenters. The number of urea groups is 1. The summed E-state index contributed by atoms with van der Waals surface area (Å²) >= 11 is 1.57. The second-order valence-electron chi connectivity index (χ2n) is 5.08. The minimum Gasteiger partial charge on any atom is -0.480 e. The van der Waals surface area contributed by atoms with Crippen molar-refractivity contribution in [3.63, 3.8) is 0 Å². The second-order valence-corrected chi connectivity index (χ2v) is 6.12. The summed E-state index contributed by atoms with van der Waals surface area (Å²) in [5.41, 5.74) is 0. The third-order valence-corrected chi connectivity index (χ3v) is 4.70. The highest BCUT2D eigenvalue weighted by Crippen LogP contribution is 2.25. The summed E-state index contributed by atoms with van der Waals surface area (Å²) in [5, 5.41) is 14.1. The Hall–Kier alpha value is -1.56. The molecule has 2 heterocycles. The average molecular weight is 296 g/mol. The Morgan fingerprint density at radius 1 is 1.55 bits per heavy atom. The molecular weight excluding hydrogens is 276 g/mol. The number of thiophene rings is 1. The molecule has 0 radical (unpaired) electrons. The van der Waals surface area contributed by atoms with Gasteiger partial charge in [0.05, 0.1) is 6.54 Å². The van der Waals surface area contributed by atoms with Crippen molar-refractivity contribution in [2.45, 2.75) is 38.8 Å². The highest BCUT2D eigenvalue weighted by molar-refractivity contribution is 7.09. The van der Waals surface area contributed by atoms with Crippen LogP contribution in [0, 0.1) is 5.92 Å². The smallest absolute Gasteiger partial charge is 0.326 e. The van der Waals surface area contributed by atoms with Crippen LogP contribution in [0.2, 0.25) is 0 Å². The molecule has 2 rings (SSSR count). The van der Waals surface area contributed by atoms with Gasteiger partial charge in [-0.3, -0.25) is 0 Å². The van der Waals surface area contributed by atoms with Crippen LogP contribution in [0.25, 0.3) is 0 Å². The summed E-state index contributed by atoms with van der Waals surface area (Å²) in [5.74, 6) is -0.508. The van der Waals surface area contributed by atoms with Gasteiger partial charge in [-0.1, -0.05) is 19.4 Å². The molecule has 1 aliphatic rings. The van der Waals surface area contributed by atoms with Crippen LogP contribution < -0.4 is 5.32 Å². The number of carboxylic acids is 1. The molecule has 2 amide bonds. The normalized spacial score (nSPS) is 22.6. The number of amides is 2. The van der Waals surface area contributed by atoms with Crippen molar-refractivity contribution < 1.29 is 14.7 Å². The molecule has 6 heteroatoms. The first-order chi connectivity index (χ1) is 9.61. The fourth-order valence-corrected chi connectivity index (χ4v) is 3.21. The number of carbonyl (C=O) groups excluding carboxylic acids is 1. The number of nitrogens with one attached hydrogen (secondary N) is 1. The van der Waals surface area contributed by atoms with Crippen molar-refractivity contribution in [2.24, 2.45) is 5.92 Å². The van der Waals surface area contributed by atoms with Crippen LogP contribution in [0.4, 0.5) is 4.79 Å². The molecule has 0 saturated carbocycles. The standard InChI is InChI=1S/C14H20N2O3S/c1-2-10-5-6-16(12(8-10)13(17)18)14(19)15-9-11-4-3-7-20-11/h3-4,7,10,12H,2,5-6,8-9H2,1H3,(H,15,19)(H,17,18). The van der Waals surface area contributed by atoms with E-state index >= 15 is 0 Å². The maximum atomic E-state index is 12.2. The van der Waals surface area contributed by atoms with Crippen LogP contribution in [0.1, 0.15) is 31.1 Å². The zero-order valence-electron chi connectivity index (χ0n) is 11.5.